The molecule has 0 saturated carbocycles. The summed E-state index contributed by atoms with van der Waals surface area (Å²) in [4.78, 5) is 4.08. The Hall–Kier alpha value is -1.47. The average molecular weight is 270 g/mol. The lowest BCUT2D eigenvalue weighted by atomic mass is 10.3. The maximum atomic E-state index is 12.0. The van der Waals surface area contributed by atoms with Crippen molar-refractivity contribution < 1.29 is 8.42 Å². The first-order valence-electron chi connectivity index (χ1n) is 5.66. The Balaban J connectivity index is 2.66. The van der Waals surface area contributed by atoms with Gasteiger partial charge in [-0.2, -0.15) is 4.31 Å². The lowest BCUT2D eigenvalue weighted by Gasteiger charge is -2.19. The SMILES string of the molecule is CCN(CC(=N)N)S(=O)(=O)CCc1ccccn1. The fourth-order valence-electron chi connectivity index (χ4n) is 1.51. The van der Waals surface area contributed by atoms with Gasteiger partial charge in [-0.05, 0) is 12.1 Å². The van der Waals surface area contributed by atoms with Gasteiger partial charge in [-0.25, -0.2) is 8.42 Å². The third-order valence-electron chi connectivity index (χ3n) is 2.44. The summed E-state index contributed by atoms with van der Waals surface area (Å²) in [5, 5.41) is 7.16. The molecule has 0 amide bonds. The third-order valence-corrected chi connectivity index (χ3v) is 4.33. The van der Waals surface area contributed by atoms with Gasteiger partial charge in [0.15, 0.2) is 0 Å². The van der Waals surface area contributed by atoms with Gasteiger partial charge in [-0.15, -0.1) is 0 Å². The minimum absolute atomic E-state index is 0.0227. The van der Waals surface area contributed by atoms with Gasteiger partial charge in [0.1, 0.15) is 5.84 Å². The number of hydrogen-bond donors (Lipinski definition) is 2. The zero-order valence-corrected chi connectivity index (χ0v) is 11.2. The zero-order chi connectivity index (χ0) is 13.6. The molecule has 0 fully saturated rings. The van der Waals surface area contributed by atoms with Gasteiger partial charge in [0.2, 0.25) is 10.0 Å². The van der Waals surface area contributed by atoms with Crippen molar-refractivity contribution in [3.8, 4) is 0 Å². The second kappa shape index (κ2) is 6.46. The monoisotopic (exact) mass is 270 g/mol. The van der Waals surface area contributed by atoms with E-state index in [9.17, 15) is 8.42 Å². The zero-order valence-electron chi connectivity index (χ0n) is 10.3. The number of pyridine rings is 1. The second-order valence-corrected chi connectivity index (χ2v) is 5.93. The molecule has 6 nitrogen and oxygen atoms in total. The number of aromatic nitrogens is 1. The summed E-state index contributed by atoms with van der Waals surface area (Å²) in [6, 6.07) is 5.39. The van der Waals surface area contributed by atoms with Crippen molar-refractivity contribution >= 4 is 15.9 Å². The molecule has 0 aliphatic rings. The van der Waals surface area contributed by atoms with E-state index in [0.717, 1.165) is 5.69 Å². The molecule has 0 spiro atoms. The van der Waals surface area contributed by atoms with Crippen molar-refractivity contribution in [2.75, 3.05) is 18.8 Å². The Morgan fingerprint density at radius 3 is 2.72 bits per heavy atom. The first-order chi connectivity index (χ1) is 8.45. The van der Waals surface area contributed by atoms with Crippen LogP contribution in [0.3, 0.4) is 0 Å². The van der Waals surface area contributed by atoms with Crippen molar-refractivity contribution in [2.45, 2.75) is 13.3 Å². The highest BCUT2D eigenvalue weighted by molar-refractivity contribution is 7.89. The van der Waals surface area contributed by atoms with Crippen LogP contribution in [0, 0.1) is 5.41 Å². The Labute approximate surface area is 107 Å². The highest BCUT2D eigenvalue weighted by Crippen LogP contribution is 2.04. The number of nitrogens with one attached hydrogen (secondary N) is 1. The smallest absolute Gasteiger partial charge is 0.214 e. The number of amidine groups is 1. The Morgan fingerprint density at radius 1 is 1.50 bits per heavy atom. The number of hydrogen-bond acceptors (Lipinski definition) is 4. The van der Waals surface area contributed by atoms with E-state index < -0.39 is 10.0 Å². The molecule has 0 saturated heterocycles. The molecule has 100 valence electrons. The van der Waals surface area contributed by atoms with Crippen molar-refractivity contribution in [3.05, 3.63) is 30.1 Å². The minimum Gasteiger partial charge on any atom is -0.387 e. The third kappa shape index (κ3) is 4.42. The van der Waals surface area contributed by atoms with Gasteiger partial charge in [-0.3, -0.25) is 10.4 Å². The van der Waals surface area contributed by atoms with Gasteiger partial charge < -0.3 is 5.73 Å². The van der Waals surface area contributed by atoms with Crippen molar-refractivity contribution in [3.63, 3.8) is 0 Å². The normalized spacial score (nSPS) is 11.7. The van der Waals surface area contributed by atoms with E-state index in [-0.39, 0.29) is 18.1 Å². The van der Waals surface area contributed by atoms with Crippen LogP contribution in [0.1, 0.15) is 12.6 Å². The van der Waals surface area contributed by atoms with Gasteiger partial charge in [0, 0.05) is 24.9 Å². The van der Waals surface area contributed by atoms with Crippen LogP contribution in [-0.4, -0.2) is 42.4 Å². The first-order valence-corrected chi connectivity index (χ1v) is 7.27. The summed E-state index contributed by atoms with van der Waals surface area (Å²) in [7, 11) is -3.39. The number of nitrogens with two attached hydrogens (primary N) is 1. The molecule has 0 unspecified atom stereocenters. The molecule has 18 heavy (non-hydrogen) atoms. The average Bonchev–Trinajstić information content (AvgIpc) is 2.34. The molecule has 0 aliphatic carbocycles. The maximum Gasteiger partial charge on any atom is 0.214 e. The first kappa shape index (κ1) is 14.6. The second-order valence-electron chi connectivity index (χ2n) is 3.84. The van der Waals surface area contributed by atoms with Crippen LogP contribution in [0.25, 0.3) is 0 Å². The van der Waals surface area contributed by atoms with Gasteiger partial charge in [0.25, 0.3) is 0 Å². The van der Waals surface area contributed by atoms with Crippen LogP contribution < -0.4 is 5.73 Å². The summed E-state index contributed by atoms with van der Waals surface area (Å²) >= 11 is 0. The number of rotatable bonds is 7. The summed E-state index contributed by atoms with van der Waals surface area (Å²) in [6.07, 6.45) is 1.99. The van der Waals surface area contributed by atoms with Crippen LogP contribution in [0.2, 0.25) is 0 Å². The summed E-state index contributed by atoms with van der Waals surface area (Å²) in [5.41, 5.74) is 5.97. The Morgan fingerprint density at radius 2 is 2.22 bits per heavy atom. The van der Waals surface area contributed by atoms with Crippen molar-refractivity contribution in [2.24, 2.45) is 5.73 Å². The van der Waals surface area contributed by atoms with E-state index in [1.54, 1.807) is 25.3 Å². The molecule has 0 aliphatic heterocycles. The predicted molar refractivity (Wildman–Crippen MR) is 70.9 cm³/mol. The lowest BCUT2D eigenvalue weighted by Crippen LogP contribution is -2.39. The van der Waals surface area contributed by atoms with Crippen LogP contribution >= 0.6 is 0 Å². The standard InChI is InChI=1S/C11H18N4O2S/c1-2-15(9-11(12)13)18(16,17)8-6-10-5-3-4-7-14-10/h3-5,7H,2,6,8-9H2,1H3,(H3,12,13). The summed E-state index contributed by atoms with van der Waals surface area (Å²) in [5.74, 6) is -0.177. The Kier molecular flexibility index (Phi) is 5.24. The van der Waals surface area contributed by atoms with Gasteiger partial charge in [-0.1, -0.05) is 13.0 Å². The molecular formula is C11H18N4O2S. The van der Waals surface area contributed by atoms with Gasteiger partial charge >= 0.3 is 0 Å². The molecule has 0 radical (unpaired) electrons. The van der Waals surface area contributed by atoms with E-state index in [4.69, 9.17) is 11.1 Å². The van der Waals surface area contributed by atoms with Crippen molar-refractivity contribution in [1.29, 1.82) is 5.41 Å². The largest absolute Gasteiger partial charge is 0.387 e. The van der Waals surface area contributed by atoms with E-state index in [1.807, 2.05) is 6.07 Å². The molecule has 1 heterocycles. The number of nitrogens with zero attached hydrogens (tertiary/aromatic N) is 2. The van der Waals surface area contributed by atoms with Crippen LogP contribution in [-0.2, 0) is 16.4 Å². The molecule has 1 aromatic rings. The molecule has 1 aromatic heterocycles. The topological polar surface area (TPSA) is 100 Å². The summed E-state index contributed by atoms with van der Waals surface area (Å²) in [6.45, 7) is 1.98. The van der Waals surface area contributed by atoms with Crippen molar-refractivity contribution in [1.82, 2.24) is 9.29 Å². The van der Waals surface area contributed by atoms with Crippen LogP contribution in [0.5, 0.6) is 0 Å². The van der Waals surface area contributed by atoms with Crippen LogP contribution in [0.4, 0.5) is 0 Å². The fraction of sp³-hybridized carbons (Fsp3) is 0.455. The maximum absolute atomic E-state index is 12.0. The van der Waals surface area contributed by atoms with E-state index in [0.29, 0.717) is 13.0 Å². The Bertz CT molecular complexity index is 487. The quantitative estimate of drug-likeness (QED) is 0.546. The molecular weight excluding hydrogens is 252 g/mol. The summed E-state index contributed by atoms with van der Waals surface area (Å²) < 4.78 is 25.2. The molecule has 0 atom stereocenters. The van der Waals surface area contributed by atoms with E-state index >= 15 is 0 Å². The molecule has 3 N–H and O–H groups in total. The molecule has 0 aromatic carbocycles. The number of aryl methyl sites for hydroxylation is 1. The number of sulfonamides is 1. The molecule has 7 heteroatoms. The lowest BCUT2D eigenvalue weighted by molar-refractivity contribution is 0.465. The van der Waals surface area contributed by atoms with E-state index in [1.165, 1.54) is 4.31 Å². The number of likely N-dealkylation sites (N-methyl/N-ethyl adjacent to an activating group) is 1. The fourth-order valence-corrected chi connectivity index (χ4v) is 2.96. The minimum atomic E-state index is -3.39. The molecule has 1 rings (SSSR count). The molecule has 0 bridgehead atoms. The highest BCUT2D eigenvalue weighted by atomic mass is 32.2. The van der Waals surface area contributed by atoms with E-state index in [2.05, 4.69) is 4.98 Å². The highest BCUT2D eigenvalue weighted by Gasteiger charge is 2.20. The van der Waals surface area contributed by atoms with Gasteiger partial charge in [0.05, 0.1) is 12.3 Å². The van der Waals surface area contributed by atoms with Crippen LogP contribution in [0.15, 0.2) is 24.4 Å². The predicted octanol–water partition coefficient (Wildman–Crippen LogP) is 0.212.